The van der Waals surface area contributed by atoms with Gasteiger partial charge in [-0.15, -0.1) is 0 Å². The van der Waals surface area contributed by atoms with Crippen molar-refractivity contribution in [1.29, 1.82) is 0 Å². The third-order valence-corrected chi connectivity index (χ3v) is 4.11. The molecule has 0 unspecified atom stereocenters. The van der Waals surface area contributed by atoms with Crippen molar-refractivity contribution in [2.45, 2.75) is 27.7 Å². The molecule has 0 fully saturated rings. The minimum Gasteiger partial charge on any atom is -0.361 e. The Morgan fingerprint density at radius 2 is 1.57 bits per heavy atom. The molecule has 0 atom stereocenters. The first-order valence-electron chi connectivity index (χ1n) is 7.39. The number of imidazole rings is 1. The van der Waals surface area contributed by atoms with E-state index in [1.807, 2.05) is 44.5 Å². The van der Waals surface area contributed by atoms with Gasteiger partial charge in [-0.25, -0.2) is 4.98 Å². The summed E-state index contributed by atoms with van der Waals surface area (Å²) >= 11 is 0. The Morgan fingerprint density at radius 3 is 2.17 bits per heavy atom. The van der Waals surface area contributed by atoms with Crippen LogP contribution in [-0.2, 0) is 0 Å². The van der Waals surface area contributed by atoms with Gasteiger partial charge in [-0.3, -0.25) is 0 Å². The minimum atomic E-state index is 0.781. The van der Waals surface area contributed by atoms with Crippen LogP contribution < -0.4 is 0 Å². The number of fused-ring (bicyclic) bond motifs is 1. The maximum Gasteiger partial charge on any atom is 0.144 e. The van der Waals surface area contributed by atoms with Crippen LogP contribution in [0.25, 0.3) is 27.9 Å². The second-order valence-electron chi connectivity index (χ2n) is 5.70. The van der Waals surface area contributed by atoms with E-state index in [0.717, 1.165) is 50.8 Å². The summed E-state index contributed by atoms with van der Waals surface area (Å²) in [5.74, 6) is 1.58. The topological polar surface area (TPSA) is 69.4 Å². The molecule has 6 heteroatoms. The molecular formula is C17H16N4O2. The van der Waals surface area contributed by atoms with Crippen LogP contribution in [0.4, 0.5) is 0 Å². The zero-order valence-corrected chi connectivity index (χ0v) is 13.4. The van der Waals surface area contributed by atoms with Gasteiger partial charge in [-0.1, -0.05) is 10.3 Å². The van der Waals surface area contributed by atoms with Crippen LogP contribution in [-0.4, -0.2) is 19.7 Å². The van der Waals surface area contributed by atoms with E-state index in [2.05, 4.69) is 21.4 Å². The highest BCUT2D eigenvalue weighted by atomic mass is 16.5. The third kappa shape index (κ3) is 1.98. The third-order valence-electron chi connectivity index (χ3n) is 4.11. The van der Waals surface area contributed by atoms with E-state index in [9.17, 15) is 0 Å². The Balaban J connectivity index is 2.07. The molecule has 4 rings (SSSR count). The normalized spacial score (nSPS) is 11.5. The first-order valence-corrected chi connectivity index (χ1v) is 7.39. The van der Waals surface area contributed by atoms with Gasteiger partial charge in [0.1, 0.15) is 17.2 Å². The molecule has 0 saturated heterocycles. The SMILES string of the molecule is Cc1noc(C)c1-c1cc(-c2c(C)noc2C)c2nccn2c1. The Hall–Kier alpha value is -2.89. The molecule has 0 aromatic carbocycles. The second kappa shape index (κ2) is 4.81. The lowest BCUT2D eigenvalue weighted by molar-refractivity contribution is 0.393. The molecule has 0 aliphatic heterocycles. The minimum absolute atomic E-state index is 0.781. The van der Waals surface area contributed by atoms with Crippen LogP contribution in [0.3, 0.4) is 0 Å². The summed E-state index contributed by atoms with van der Waals surface area (Å²) in [7, 11) is 0. The van der Waals surface area contributed by atoms with E-state index in [0.29, 0.717) is 0 Å². The van der Waals surface area contributed by atoms with Gasteiger partial charge < -0.3 is 13.4 Å². The van der Waals surface area contributed by atoms with Crippen LogP contribution in [0.5, 0.6) is 0 Å². The molecule has 4 heterocycles. The van der Waals surface area contributed by atoms with Crippen LogP contribution in [0.2, 0.25) is 0 Å². The molecule has 0 aliphatic rings. The van der Waals surface area contributed by atoms with Gasteiger partial charge in [0.25, 0.3) is 0 Å². The Morgan fingerprint density at radius 1 is 0.913 bits per heavy atom. The lowest BCUT2D eigenvalue weighted by Gasteiger charge is -2.08. The molecule has 0 N–H and O–H groups in total. The van der Waals surface area contributed by atoms with Crippen LogP contribution in [0.1, 0.15) is 22.9 Å². The van der Waals surface area contributed by atoms with E-state index in [4.69, 9.17) is 9.05 Å². The molecule has 0 amide bonds. The van der Waals surface area contributed by atoms with Crippen molar-refractivity contribution >= 4 is 5.65 Å². The van der Waals surface area contributed by atoms with E-state index in [1.165, 1.54) is 0 Å². The zero-order chi connectivity index (χ0) is 16.1. The summed E-state index contributed by atoms with van der Waals surface area (Å²) in [6.07, 6.45) is 5.75. The van der Waals surface area contributed by atoms with Gasteiger partial charge in [0.15, 0.2) is 0 Å². The molecule has 0 aliphatic carbocycles. The highest BCUT2D eigenvalue weighted by molar-refractivity contribution is 5.84. The maximum atomic E-state index is 5.34. The predicted octanol–water partition coefficient (Wildman–Crippen LogP) is 3.88. The number of rotatable bonds is 2. The standard InChI is InChI=1S/C17H16N4O2/c1-9-15(11(3)22-19-9)13-7-14(16-10(2)20-23-12(16)4)17-18-5-6-21(17)8-13/h5-8H,1-4H3. The van der Waals surface area contributed by atoms with Gasteiger partial charge in [-0.2, -0.15) is 0 Å². The van der Waals surface area contributed by atoms with Gasteiger partial charge in [0, 0.05) is 35.3 Å². The summed E-state index contributed by atoms with van der Waals surface area (Å²) in [4.78, 5) is 4.48. The lowest BCUT2D eigenvalue weighted by atomic mass is 9.99. The molecule has 0 spiro atoms. The summed E-state index contributed by atoms with van der Waals surface area (Å²) in [5.41, 5.74) is 6.60. The second-order valence-corrected chi connectivity index (χ2v) is 5.70. The van der Waals surface area contributed by atoms with Crippen LogP contribution >= 0.6 is 0 Å². The van der Waals surface area contributed by atoms with E-state index >= 15 is 0 Å². The molecule has 116 valence electrons. The number of aryl methyl sites for hydroxylation is 4. The first kappa shape index (κ1) is 13.8. The first-order chi connectivity index (χ1) is 11.1. The molecule has 23 heavy (non-hydrogen) atoms. The van der Waals surface area contributed by atoms with E-state index < -0.39 is 0 Å². The zero-order valence-electron chi connectivity index (χ0n) is 13.4. The molecule has 4 aromatic rings. The number of aromatic nitrogens is 4. The van der Waals surface area contributed by atoms with Crippen molar-refractivity contribution in [3.8, 4) is 22.3 Å². The summed E-state index contributed by atoms with van der Waals surface area (Å²) in [5, 5.41) is 8.13. The largest absolute Gasteiger partial charge is 0.361 e. The molecule has 4 aromatic heterocycles. The lowest BCUT2D eigenvalue weighted by Crippen LogP contribution is -1.93. The van der Waals surface area contributed by atoms with Crippen molar-refractivity contribution < 1.29 is 9.05 Å². The van der Waals surface area contributed by atoms with Gasteiger partial charge in [0.05, 0.1) is 17.0 Å². The number of pyridine rings is 1. The van der Waals surface area contributed by atoms with Gasteiger partial charge >= 0.3 is 0 Å². The number of hydrogen-bond donors (Lipinski definition) is 0. The molecule has 0 bridgehead atoms. The van der Waals surface area contributed by atoms with Crippen molar-refractivity contribution in [3.63, 3.8) is 0 Å². The van der Waals surface area contributed by atoms with E-state index in [1.54, 1.807) is 6.20 Å². The quantitative estimate of drug-likeness (QED) is 0.562. The molecule has 0 radical (unpaired) electrons. The molecule has 6 nitrogen and oxygen atoms in total. The van der Waals surface area contributed by atoms with Crippen LogP contribution in [0, 0.1) is 27.7 Å². The average molecular weight is 308 g/mol. The Kier molecular flexibility index (Phi) is 2.87. The molecule has 0 saturated carbocycles. The smallest absolute Gasteiger partial charge is 0.144 e. The van der Waals surface area contributed by atoms with Crippen molar-refractivity contribution in [2.24, 2.45) is 0 Å². The van der Waals surface area contributed by atoms with Gasteiger partial charge in [-0.05, 0) is 33.8 Å². The average Bonchev–Trinajstić information content (AvgIpc) is 3.19. The fraction of sp³-hybridized carbons (Fsp3) is 0.235. The Labute approximate surface area is 132 Å². The van der Waals surface area contributed by atoms with E-state index in [-0.39, 0.29) is 0 Å². The number of hydrogen-bond acceptors (Lipinski definition) is 5. The Bertz CT molecular complexity index is 984. The fourth-order valence-corrected chi connectivity index (χ4v) is 3.12. The fourth-order valence-electron chi connectivity index (χ4n) is 3.12. The monoisotopic (exact) mass is 308 g/mol. The van der Waals surface area contributed by atoms with Gasteiger partial charge in [0.2, 0.25) is 0 Å². The summed E-state index contributed by atoms with van der Waals surface area (Å²) in [6, 6.07) is 2.10. The predicted molar refractivity (Wildman–Crippen MR) is 85.1 cm³/mol. The molecular weight excluding hydrogens is 292 g/mol. The van der Waals surface area contributed by atoms with Crippen molar-refractivity contribution in [3.05, 3.63) is 47.6 Å². The highest BCUT2D eigenvalue weighted by Crippen LogP contribution is 2.35. The maximum absolute atomic E-state index is 5.34. The van der Waals surface area contributed by atoms with Crippen molar-refractivity contribution in [1.82, 2.24) is 19.7 Å². The number of nitrogens with zero attached hydrogens (tertiary/aromatic N) is 4. The highest BCUT2D eigenvalue weighted by Gasteiger charge is 2.19. The summed E-state index contributed by atoms with van der Waals surface area (Å²) < 4.78 is 12.7. The van der Waals surface area contributed by atoms with Crippen molar-refractivity contribution in [2.75, 3.05) is 0 Å². The summed E-state index contributed by atoms with van der Waals surface area (Å²) in [6.45, 7) is 7.72. The van der Waals surface area contributed by atoms with Crippen LogP contribution in [0.15, 0.2) is 33.7 Å².